The van der Waals surface area contributed by atoms with Crippen LogP contribution in [0.1, 0.15) is 10.4 Å². The molecule has 0 saturated carbocycles. The van der Waals surface area contributed by atoms with E-state index in [1.54, 1.807) is 0 Å². The van der Waals surface area contributed by atoms with Gasteiger partial charge in [-0.2, -0.15) is 0 Å². The van der Waals surface area contributed by atoms with Gasteiger partial charge in [0.25, 0.3) is 0 Å². The lowest BCUT2D eigenvalue weighted by molar-refractivity contribution is 0.1000. The molecule has 0 fully saturated rings. The van der Waals surface area contributed by atoms with Gasteiger partial charge in [-0.15, -0.1) is 0 Å². The highest BCUT2D eigenvalue weighted by Crippen LogP contribution is 2.16. The van der Waals surface area contributed by atoms with Crippen molar-refractivity contribution < 1.29 is 4.79 Å². The second-order valence-electron chi connectivity index (χ2n) is 1.96. The first kappa shape index (κ1) is 8.00. The summed E-state index contributed by atoms with van der Waals surface area (Å²) in [5.74, 6) is -0.173. The number of halogens is 1. The summed E-state index contributed by atoms with van der Waals surface area (Å²) in [5.41, 5.74) is 10.7. The van der Waals surface area contributed by atoms with E-state index in [2.05, 4.69) is 20.9 Å². The standard InChI is InChI=1S/C6H6BrN3O/c7-4-1-3(6(9)11)2-10-5(4)8/h1-2H,(H2,8,10)(H2,9,11). The van der Waals surface area contributed by atoms with Crippen LogP contribution in [0.5, 0.6) is 0 Å². The number of pyridine rings is 1. The smallest absolute Gasteiger partial charge is 0.250 e. The Morgan fingerprint density at radius 1 is 1.64 bits per heavy atom. The summed E-state index contributed by atoms with van der Waals surface area (Å²) in [6.45, 7) is 0. The van der Waals surface area contributed by atoms with Crippen molar-refractivity contribution in [1.29, 1.82) is 0 Å². The van der Waals surface area contributed by atoms with Crippen LogP contribution in [0.25, 0.3) is 0 Å². The topological polar surface area (TPSA) is 82.0 Å². The zero-order chi connectivity index (χ0) is 8.43. The van der Waals surface area contributed by atoms with Crippen molar-refractivity contribution >= 4 is 27.7 Å². The molecule has 0 aliphatic heterocycles. The third-order valence-corrected chi connectivity index (χ3v) is 1.79. The minimum Gasteiger partial charge on any atom is -0.383 e. The van der Waals surface area contributed by atoms with E-state index in [4.69, 9.17) is 11.5 Å². The minimum atomic E-state index is -0.516. The van der Waals surface area contributed by atoms with E-state index >= 15 is 0 Å². The molecule has 0 atom stereocenters. The number of rotatable bonds is 1. The molecule has 0 aliphatic rings. The molecule has 0 spiro atoms. The minimum absolute atomic E-state index is 0.339. The molecular formula is C6H6BrN3O. The molecule has 1 amide bonds. The molecule has 4 nitrogen and oxygen atoms in total. The molecule has 4 N–H and O–H groups in total. The number of primary amides is 1. The molecule has 0 saturated heterocycles. The van der Waals surface area contributed by atoms with E-state index in [-0.39, 0.29) is 0 Å². The van der Waals surface area contributed by atoms with E-state index in [1.807, 2.05) is 0 Å². The molecular weight excluding hydrogens is 210 g/mol. The normalized spacial score (nSPS) is 9.55. The Morgan fingerprint density at radius 3 is 2.73 bits per heavy atom. The average molecular weight is 216 g/mol. The molecule has 0 aromatic carbocycles. The van der Waals surface area contributed by atoms with Crippen LogP contribution in [0.2, 0.25) is 0 Å². The maximum absolute atomic E-state index is 10.6. The first-order valence-electron chi connectivity index (χ1n) is 2.82. The van der Waals surface area contributed by atoms with Gasteiger partial charge < -0.3 is 11.5 Å². The van der Waals surface area contributed by atoms with Crippen LogP contribution in [0, 0.1) is 0 Å². The summed E-state index contributed by atoms with van der Waals surface area (Å²) in [6.07, 6.45) is 1.34. The third kappa shape index (κ3) is 1.68. The molecule has 0 radical (unpaired) electrons. The Morgan fingerprint density at radius 2 is 2.27 bits per heavy atom. The molecule has 0 bridgehead atoms. The van der Waals surface area contributed by atoms with Gasteiger partial charge in [-0.05, 0) is 22.0 Å². The number of hydrogen-bond donors (Lipinski definition) is 2. The van der Waals surface area contributed by atoms with Crippen molar-refractivity contribution in [3.63, 3.8) is 0 Å². The first-order chi connectivity index (χ1) is 5.11. The number of hydrogen-bond acceptors (Lipinski definition) is 3. The van der Waals surface area contributed by atoms with Crippen molar-refractivity contribution in [3.8, 4) is 0 Å². The van der Waals surface area contributed by atoms with Crippen LogP contribution in [-0.4, -0.2) is 10.9 Å². The Bertz CT molecular complexity index is 300. The fourth-order valence-electron chi connectivity index (χ4n) is 0.583. The zero-order valence-electron chi connectivity index (χ0n) is 5.54. The number of carbonyl (C=O) groups excluding carboxylic acids is 1. The summed E-state index contributed by atoms with van der Waals surface area (Å²) in [7, 11) is 0. The van der Waals surface area contributed by atoms with Gasteiger partial charge in [0.1, 0.15) is 5.82 Å². The van der Waals surface area contributed by atoms with E-state index in [0.29, 0.717) is 15.9 Å². The lowest BCUT2D eigenvalue weighted by atomic mass is 10.3. The maximum Gasteiger partial charge on any atom is 0.250 e. The summed E-state index contributed by atoms with van der Waals surface area (Å²) in [4.78, 5) is 14.3. The Labute approximate surface area is 71.7 Å². The van der Waals surface area contributed by atoms with Gasteiger partial charge in [0.05, 0.1) is 10.0 Å². The Hall–Kier alpha value is -1.10. The zero-order valence-corrected chi connectivity index (χ0v) is 7.13. The number of nitrogen functional groups attached to an aromatic ring is 1. The highest BCUT2D eigenvalue weighted by molar-refractivity contribution is 9.10. The first-order valence-corrected chi connectivity index (χ1v) is 3.61. The predicted octanol–water partition coefficient (Wildman–Crippen LogP) is 0.525. The van der Waals surface area contributed by atoms with E-state index in [1.165, 1.54) is 12.3 Å². The van der Waals surface area contributed by atoms with Gasteiger partial charge in [-0.3, -0.25) is 4.79 Å². The van der Waals surface area contributed by atoms with Crippen molar-refractivity contribution in [1.82, 2.24) is 4.98 Å². The number of amides is 1. The van der Waals surface area contributed by atoms with E-state index in [0.717, 1.165) is 0 Å². The molecule has 11 heavy (non-hydrogen) atoms. The number of carbonyl (C=O) groups is 1. The number of nitrogens with two attached hydrogens (primary N) is 2. The van der Waals surface area contributed by atoms with Crippen LogP contribution in [0.4, 0.5) is 5.82 Å². The molecule has 1 aromatic rings. The van der Waals surface area contributed by atoms with Crippen molar-refractivity contribution in [2.45, 2.75) is 0 Å². The van der Waals surface area contributed by atoms with Crippen LogP contribution in [0.15, 0.2) is 16.7 Å². The van der Waals surface area contributed by atoms with Gasteiger partial charge in [-0.1, -0.05) is 0 Å². The largest absolute Gasteiger partial charge is 0.383 e. The quantitative estimate of drug-likeness (QED) is 0.717. The fraction of sp³-hybridized carbons (Fsp3) is 0. The van der Waals surface area contributed by atoms with Crippen LogP contribution >= 0.6 is 15.9 Å². The summed E-state index contributed by atoms with van der Waals surface area (Å²) in [5, 5.41) is 0. The fourth-order valence-corrected chi connectivity index (χ4v) is 0.932. The molecule has 0 unspecified atom stereocenters. The second kappa shape index (κ2) is 2.87. The monoisotopic (exact) mass is 215 g/mol. The molecule has 0 aliphatic carbocycles. The van der Waals surface area contributed by atoms with Gasteiger partial charge in [0.15, 0.2) is 0 Å². The van der Waals surface area contributed by atoms with Gasteiger partial charge in [-0.25, -0.2) is 4.98 Å². The van der Waals surface area contributed by atoms with Crippen molar-refractivity contribution in [2.75, 3.05) is 5.73 Å². The Kier molecular flexibility index (Phi) is 2.09. The van der Waals surface area contributed by atoms with Crippen LogP contribution in [-0.2, 0) is 0 Å². The third-order valence-electron chi connectivity index (χ3n) is 1.15. The number of nitrogens with zero attached hydrogens (tertiary/aromatic N) is 1. The predicted molar refractivity (Wildman–Crippen MR) is 44.9 cm³/mol. The molecule has 1 rings (SSSR count). The number of anilines is 1. The molecule has 58 valence electrons. The number of aromatic nitrogens is 1. The molecule has 1 aromatic heterocycles. The Balaban J connectivity index is 3.15. The highest BCUT2D eigenvalue weighted by Gasteiger charge is 2.02. The highest BCUT2D eigenvalue weighted by atomic mass is 79.9. The molecule has 1 heterocycles. The summed E-state index contributed by atoms with van der Waals surface area (Å²) < 4.78 is 0.578. The van der Waals surface area contributed by atoms with Crippen molar-refractivity contribution in [3.05, 3.63) is 22.3 Å². The van der Waals surface area contributed by atoms with E-state index < -0.39 is 5.91 Å². The van der Waals surface area contributed by atoms with Gasteiger partial charge in [0.2, 0.25) is 5.91 Å². The van der Waals surface area contributed by atoms with Crippen LogP contribution in [0.3, 0.4) is 0 Å². The lowest BCUT2D eigenvalue weighted by Gasteiger charge is -1.97. The molecule has 5 heteroatoms. The average Bonchev–Trinajstić information content (AvgIpc) is 1.94. The lowest BCUT2D eigenvalue weighted by Crippen LogP contribution is -2.11. The summed E-state index contributed by atoms with van der Waals surface area (Å²) >= 11 is 3.12. The summed E-state index contributed by atoms with van der Waals surface area (Å²) in [6, 6.07) is 1.53. The maximum atomic E-state index is 10.6. The van der Waals surface area contributed by atoms with Gasteiger partial charge >= 0.3 is 0 Å². The van der Waals surface area contributed by atoms with E-state index in [9.17, 15) is 4.79 Å². The SMILES string of the molecule is NC(=O)c1cnc(N)c(Br)c1. The van der Waals surface area contributed by atoms with Gasteiger partial charge in [0, 0.05) is 6.20 Å². The van der Waals surface area contributed by atoms with Crippen LogP contribution < -0.4 is 11.5 Å². The van der Waals surface area contributed by atoms with Crippen molar-refractivity contribution in [2.24, 2.45) is 5.73 Å². The second-order valence-corrected chi connectivity index (χ2v) is 2.81.